The maximum atomic E-state index is 12.1. The van der Waals surface area contributed by atoms with Gasteiger partial charge in [-0.3, -0.25) is 4.79 Å². The number of pyridine rings is 1. The fourth-order valence-electron chi connectivity index (χ4n) is 4.48. The van der Waals surface area contributed by atoms with Crippen molar-refractivity contribution in [2.75, 3.05) is 24.5 Å². The highest BCUT2D eigenvalue weighted by molar-refractivity contribution is 5.77. The molecule has 1 saturated heterocycles. The SMILES string of the molecule is C=CC(=C/N)/C=C(\N)c1c(C2CC2)nc(N2CCN(C(C)=O)C(C(C)C)C2)c(C#N)c1C. The molecule has 1 aliphatic heterocycles. The fourth-order valence-corrected chi connectivity index (χ4v) is 4.48. The van der Waals surface area contributed by atoms with Crippen molar-refractivity contribution in [2.45, 2.75) is 52.5 Å². The van der Waals surface area contributed by atoms with E-state index in [0.717, 1.165) is 29.7 Å². The number of piperazine rings is 1. The number of amides is 1. The number of hydrogen-bond donors (Lipinski definition) is 2. The lowest BCUT2D eigenvalue weighted by Crippen LogP contribution is -2.57. The van der Waals surface area contributed by atoms with Crippen molar-refractivity contribution < 1.29 is 4.79 Å². The molecule has 1 aromatic rings. The Balaban J connectivity index is 2.10. The van der Waals surface area contributed by atoms with Gasteiger partial charge in [0.25, 0.3) is 0 Å². The second-order valence-corrected chi connectivity index (χ2v) is 9.02. The van der Waals surface area contributed by atoms with E-state index in [4.69, 9.17) is 16.5 Å². The highest BCUT2D eigenvalue weighted by Crippen LogP contribution is 2.44. The van der Waals surface area contributed by atoms with E-state index in [0.29, 0.717) is 54.1 Å². The summed E-state index contributed by atoms with van der Waals surface area (Å²) >= 11 is 0. The Morgan fingerprint density at radius 1 is 1.34 bits per heavy atom. The van der Waals surface area contributed by atoms with Crippen LogP contribution in [0.4, 0.5) is 5.82 Å². The van der Waals surface area contributed by atoms with Crippen molar-refractivity contribution >= 4 is 17.4 Å². The molecule has 7 heteroatoms. The number of nitriles is 1. The first kappa shape index (κ1) is 23.4. The molecule has 1 aliphatic carbocycles. The second kappa shape index (κ2) is 9.47. The third-order valence-electron chi connectivity index (χ3n) is 6.46. The van der Waals surface area contributed by atoms with E-state index in [1.807, 2.05) is 11.8 Å². The van der Waals surface area contributed by atoms with Gasteiger partial charge in [0.1, 0.15) is 11.9 Å². The molecule has 2 fully saturated rings. The molecule has 3 rings (SSSR count). The van der Waals surface area contributed by atoms with Gasteiger partial charge >= 0.3 is 0 Å². The van der Waals surface area contributed by atoms with E-state index >= 15 is 0 Å². The number of rotatable bonds is 6. The van der Waals surface area contributed by atoms with Gasteiger partial charge in [0.05, 0.1) is 17.3 Å². The largest absolute Gasteiger partial charge is 0.404 e. The van der Waals surface area contributed by atoms with Crippen molar-refractivity contribution in [3.8, 4) is 6.07 Å². The molecule has 1 atom stereocenters. The van der Waals surface area contributed by atoms with Crippen LogP contribution in [0.25, 0.3) is 5.70 Å². The number of allylic oxidation sites excluding steroid dienone is 3. The van der Waals surface area contributed by atoms with Crippen molar-refractivity contribution in [3.63, 3.8) is 0 Å². The summed E-state index contributed by atoms with van der Waals surface area (Å²) in [5.74, 6) is 1.44. The zero-order valence-electron chi connectivity index (χ0n) is 19.6. The number of hydrogen-bond acceptors (Lipinski definition) is 6. The molecule has 1 amide bonds. The van der Waals surface area contributed by atoms with Crippen molar-refractivity contribution in [3.05, 3.63) is 52.9 Å². The molecule has 0 radical (unpaired) electrons. The topological polar surface area (TPSA) is 112 Å². The number of aromatic nitrogens is 1. The molecule has 32 heavy (non-hydrogen) atoms. The lowest BCUT2D eigenvalue weighted by Gasteiger charge is -2.44. The Kier molecular flexibility index (Phi) is 6.93. The van der Waals surface area contributed by atoms with Gasteiger partial charge in [-0.2, -0.15) is 5.26 Å². The zero-order chi connectivity index (χ0) is 23.6. The summed E-state index contributed by atoms with van der Waals surface area (Å²) < 4.78 is 0. The number of nitrogens with two attached hydrogens (primary N) is 2. The highest BCUT2D eigenvalue weighted by atomic mass is 16.2. The Bertz CT molecular complexity index is 1010. The van der Waals surface area contributed by atoms with Gasteiger partial charge in [-0.25, -0.2) is 4.98 Å². The van der Waals surface area contributed by atoms with Gasteiger partial charge < -0.3 is 21.3 Å². The van der Waals surface area contributed by atoms with Crippen LogP contribution in [0.15, 0.2) is 30.5 Å². The molecule has 4 N–H and O–H groups in total. The van der Waals surface area contributed by atoms with Crippen LogP contribution in [-0.4, -0.2) is 41.5 Å². The Labute approximate surface area is 191 Å². The normalized spacial score (nSPS) is 19.8. The minimum atomic E-state index is 0.0776. The van der Waals surface area contributed by atoms with Gasteiger partial charge in [0.2, 0.25) is 5.91 Å². The molecular weight excluding hydrogens is 400 g/mol. The first-order valence-electron chi connectivity index (χ1n) is 11.2. The van der Waals surface area contributed by atoms with Gasteiger partial charge in [0.15, 0.2) is 0 Å². The van der Waals surface area contributed by atoms with E-state index < -0.39 is 0 Å². The third-order valence-corrected chi connectivity index (χ3v) is 6.46. The quantitative estimate of drug-likeness (QED) is 0.665. The minimum Gasteiger partial charge on any atom is -0.404 e. The molecule has 1 saturated carbocycles. The molecule has 170 valence electrons. The van der Waals surface area contributed by atoms with Gasteiger partial charge in [-0.15, -0.1) is 0 Å². The number of anilines is 1. The van der Waals surface area contributed by atoms with Crippen LogP contribution in [-0.2, 0) is 4.79 Å². The molecule has 0 aromatic carbocycles. The maximum absolute atomic E-state index is 12.1. The molecule has 2 aliphatic rings. The number of nitrogens with zero attached hydrogens (tertiary/aromatic N) is 4. The average Bonchev–Trinajstić information content (AvgIpc) is 3.61. The van der Waals surface area contributed by atoms with Crippen molar-refractivity contribution in [1.29, 1.82) is 5.26 Å². The van der Waals surface area contributed by atoms with E-state index in [-0.39, 0.29) is 11.9 Å². The standard InChI is InChI=1S/C25H34N6O/c1-6-18(12-26)11-21(28)23-16(4)20(13-27)25(29-24(23)19-7-8-19)30-9-10-31(17(5)32)22(14-30)15(2)3/h6,11-12,15,19,22H,1,7-10,14,26,28H2,2-5H3/b18-12-,21-11-. The van der Waals surface area contributed by atoms with Crippen LogP contribution < -0.4 is 16.4 Å². The summed E-state index contributed by atoms with van der Waals surface area (Å²) in [5.41, 5.74) is 16.6. The molecule has 1 unspecified atom stereocenters. The Hall–Kier alpha value is -3.27. The highest BCUT2D eigenvalue weighted by Gasteiger charge is 2.35. The van der Waals surface area contributed by atoms with Crippen LogP contribution in [0, 0.1) is 24.2 Å². The van der Waals surface area contributed by atoms with E-state index in [2.05, 4.69) is 31.4 Å². The monoisotopic (exact) mass is 434 g/mol. The first-order chi connectivity index (χ1) is 15.2. The van der Waals surface area contributed by atoms with Crippen LogP contribution >= 0.6 is 0 Å². The smallest absolute Gasteiger partial charge is 0.219 e. The molecule has 0 spiro atoms. The summed E-state index contributed by atoms with van der Waals surface area (Å²) in [4.78, 5) is 21.3. The maximum Gasteiger partial charge on any atom is 0.219 e. The average molecular weight is 435 g/mol. The van der Waals surface area contributed by atoms with Crippen molar-refractivity contribution in [2.24, 2.45) is 17.4 Å². The molecule has 7 nitrogen and oxygen atoms in total. The number of carbonyl (C=O) groups excluding carboxylic acids is 1. The lowest BCUT2D eigenvalue weighted by atomic mass is 9.95. The number of carbonyl (C=O) groups is 1. The van der Waals surface area contributed by atoms with E-state index in [1.54, 1.807) is 19.1 Å². The molecule has 2 heterocycles. The van der Waals surface area contributed by atoms with Crippen LogP contribution in [0.3, 0.4) is 0 Å². The summed E-state index contributed by atoms with van der Waals surface area (Å²) in [5, 5.41) is 10.1. The minimum absolute atomic E-state index is 0.0776. The second-order valence-electron chi connectivity index (χ2n) is 9.02. The predicted molar refractivity (Wildman–Crippen MR) is 129 cm³/mol. The van der Waals surface area contributed by atoms with Gasteiger partial charge in [-0.05, 0) is 42.9 Å². The summed E-state index contributed by atoms with van der Waals surface area (Å²) in [6.07, 6.45) is 7.01. The summed E-state index contributed by atoms with van der Waals surface area (Å²) in [7, 11) is 0. The summed E-state index contributed by atoms with van der Waals surface area (Å²) in [6.45, 7) is 13.5. The zero-order valence-corrected chi connectivity index (χ0v) is 19.6. The molecule has 1 aromatic heterocycles. The van der Waals surface area contributed by atoms with Crippen LogP contribution in [0.2, 0.25) is 0 Å². The Morgan fingerprint density at radius 3 is 2.53 bits per heavy atom. The van der Waals surface area contributed by atoms with Gasteiger partial charge in [0, 0.05) is 49.9 Å². The third kappa shape index (κ3) is 4.50. The fraction of sp³-hybridized carbons (Fsp3) is 0.480. The molecular formula is C25H34N6O. The predicted octanol–water partition coefficient (Wildman–Crippen LogP) is 3.16. The van der Waals surface area contributed by atoms with Crippen LogP contribution in [0.5, 0.6) is 0 Å². The first-order valence-corrected chi connectivity index (χ1v) is 11.2. The van der Waals surface area contributed by atoms with Gasteiger partial charge in [-0.1, -0.05) is 26.5 Å². The summed E-state index contributed by atoms with van der Waals surface area (Å²) in [6, 6.07) is 2.45. The van der Waals surface area contributed by atoms with Crippen LogP contribution in [0.1, 0.15) is 61.9 Å². The van der Waals surface area contributed by atoms with E-state index in [9.17, 15) is 10.1 Å². The Morgan fingerprint density at radius 2 is 2.03 bits per heavy atom. The van der Waals surface area contributed by atoms with E-state index in [1.165, 1.54) is 6.20 Å². The lowest BCUT2D eigenvalue weighted by molar-refractivity contribution is -0.132. The molecule has 0 bridgehead atoms. The van der Waals surface area contributed by atoms with Crippen molar-refractivity contribution in [1.82, 2.24) is 9.88 Å².